The molecule has 1 aromatic rings. The first-order valence-electron chi connectivity index (χ1n) is 8.87. The van der Waals surface area contributed by atoms with E-state index in [1.165, 1.54) is 9.80 Å². The summed E-state index contributed by atoms with van der Waals surface area (Å²) in [6, 6.07) is 6.11. The van der Waals surface area contributed by atoms with Gasteiger partial charge < -0.3 is 19.6 Å². The zero-order valence-electron chi connectivity index (χ0n) is 15.5. The summed E-state index contributed by atoms with van der Waals surface area (Å²) in [5, 5.41) is 9.61. The first-order valence-corrected chi connectivity index (χ1v) is 8.87. The Bertz CT molecular complexity index is 674. The molecule has 7 heteroatoms. The third kappa shape index (κ3) is 4.53. The molecule has 0 saturated carbocycles. The van der Waals surface area contributed by atoms with Crippen LogP contribution in [0.4, 0.5) is 4.79 Å². The second-order valence-corrected chi connectivity index (χ2v) is 6.58. The van der Waals surface area contributed by atoms with Crippen LogP contribution in [0.15, 0.2) is 24.3 Å². The maximum absolute atomic E-state index is 13.1. The van der Waals surface area contributed by atoms with E-state index in [1.54, 1.807) is 6.92 Å². The van der Waals surface area contributed by atoms with Gasteiger partial charge in [-0.05, 0) is 31.9 Å². The van der Waals surface area contributed by atoms with Gasteiger partial charge in [0.15, 0.2) is 0 Å². The molecule has 0 saturated heterocycles. The molecule has 1 N–H and O–H groups in total. The van der Waals surface area contributed by atoms with Crippen molar-refractivity contribution in [3.05, 3.63) is 35.4 Å². The molecule has 0 spiro atoms. The Morgan fingerprint density at radius 1 is 1.27 bits per heavy atom. The number of amides is 2. The van der Waals surface area contributed by atoms with Crippen molar-refractivity contribution < 1.29 is 24.2 Å². The van der Waals surface area contributed by atoms with Crippen LogP contribution in [0.1, 0.15) is 38.3 Å². The molecule has 1 heterocycles. The van der Waals surface area contributed by atoms with E-state index < -0.39 is 12.0 Å². The fourth-order valence-corrected chi connectivity index (χ4v) is 3.13. The molecule has 0 aliphatic carbocycles. The lowest BCUT2D eigenvalue weighted by molar-refractivity contribution is -0.144. The highest BCUT2D eigenvalue weighted by Crippen LogP contribution is 2.25. The van der Waals surface area contributed by atoms with Crippen molar-refractivity contribution in [3.63, 3.8) is 0 Å². The smallest absolute Gasteiger partial charge is 0.326 e. The van der Waals surface area contributed by atoms with Crippen LogP contribution in [0.3, 0.4) is 0 Å². The molecule has 26 heavy (non-hydrogen) atoms. The minimum absolute atomic E-state index is 0.0833. The van der Waals surface area contributed by atoms with Crippen LogP contribution >= 0.6 is 0 Å². The second kappa shape index (κ2) is 8.69. The van der Waals surface area contributed by atoms with Gasteiger partial charge in [0.05, 0.1) is 13.0 Å². The van der Waals surface area contributed by atoms with Gasteiger partial charge in [0, 0.05) is 25.6 Å². The van der Waals surface area contributed by atoms with Crippen molar-refractivity contribution in [1.29, 1.82) is 0 Å². The normalized spacial score (nSPS) is 16.2. The molecule has 2 amide bonds. The number of hydrogen-bond donors (Lipinski definition) is 1. The van der Waals surface area contributed by atoms with Gasteiger partial charge >= 0.3 is 18.0 Å². The number of carbonyl (C=O) groups is 3. The Morgan fingerprint density at radius 2 is 1.92 bits per heavy atom. The monoisotopic (exact) mass is 362 g/mol. The van der Waals surface area contributed by atoms with E-state index in [2.05, 4.69) is 0 Å². The summed E-state index contributed by atoms with van der Waals surface area (Å²) in [5.41, 5.74) is 1.90. The topological polar surface area (TPSA) is 87.2 Å². The predicted octanol–water partition coefficient (Wildman–Crippen LogP) is 2.28. The number of aliphatic carboxylic acids is 1. The molecular formula is C19H26N2O5. The lowest BCUT2D eigenvalue weighted by Crippen LogP contribution is -2.55. The summed E-state index contributed by atoms with van der Waals surface area (Å²) in [7, 11) is 0. The number of carbonyl (C=O) groups excluding carboxylic acids is 2. The van der Waals surface area contributed by atoms with E-state index in [1.807, 2.05) is 38.1 Å². The van der Waals surface area contributed by atoms with Crippen molar-refractivity contribution in [2.45, 2.75) is 52.2 Å². The zero-order chi connectivity index (χ0) is 19.3. The number of nitrogens with zero attached hydrogens (tertiary/aromatic N) is 2. The Morgan fingerprint density at radius 3 is 2.50 bits per heavy atom. The van der Waals surface area contributed by atoms with Gasteiger partial charge in [-0.25, -0.2) is 9.59 Å². The summed E-state index contributed by atoms with van der Waals surface area (Å²) in [4.78, 5) is 39.4. The van der Waals surface area contributed by atoms with Gasteiger partial charge in [0.2, 0.25) is 0 Å². The predicted molar refractivity (Wildman–Crippen MR) is 95.6 cm³/mol. The van der Waals surface area contributed by atoms with Gasteiger partial charge in [-0.3, -0.25) is 4.79 Å². The molecule has 0 fully saturated rings. The van der Waals surface area contributed by atoms with Crippen molar-refractivity contribution >= 4 is 18.0 Å². The number of benzene rings is 1. The fourth-order valence-electron chi connectivity index (χ4n) is 3.13. The van der Waals surface area contributed by atoms with E-state index in [0.29, 0.717) is 6.61 Å². The van der Waals surface area contributed by atoms with Crippen molar-refractivity contribution in [3.8, 4) is 0 Å². The van der Waals surface area contributed by atoms with Crippen LogP contribution in [0.2, 0.25) is 0 Å². The second-order valence-electron chi connectivity index (χ2n) is 6.58. The largest absolute Gasteiger partial charge is 0.480 e. The van der Waals surface area contributed by atoms with E-state index in [0.717, 1.165) is 11.1 Å². The van der Waals surface area contributed by atoms with E-state index in [-0.39, 0.29) is 44.0 Å². The summed E-state index contributed by atoms with van der Waals surface area (Å²) in [6.07, 6.45) is 0.362. The molecule has 0 radical (unpaired) electrons. The van der Waals surface area contributed by atoms with Crippen LogP contribution in [0, 0.1) is 0 Å². The number of rotatable bonds is 6. The summed E-state index contributed by atoms with van der Waals surface area (Å²) < 4.78 is 4.92. The standard InChI is InChI=1S/C19H26N2O5/c1-4-26-17(22)9-10-20(13(2)3)19(25)21-12-15-8-6-5-7-14(15)11-16(21)18(23)24/h5-8,13,16H,4,9-12H2,1-3H3,(H,23,24)/t16-/m0/s1. The number of urea groups is 1. The van der Waals surface area contributed by atoms with Gasteiger partial charge in [-0.1, -0.05) is 24.3 Å². The molecule has 1 aromatic carbocycles. The molecule has 2 rings (SSSR count). The number of ether oxygens (including phenoxy) is 1. The molecule has 0 aromatic heterocycles. The van der Waals surface area contributed by atoms with Crippen molar-refractivity contribution in [1.82, 2.24) is 9.80 Å². The molecule has 1 atom stereocenters. The maximum Gasteiger partial charge on any atom is 0.326 e. The molecule has 0 bridgehead atoms. The number of esters is 1. The highest BCUT2D eigenvalue weighted by Gasteiger charge is 2.37. The van der Waals surface area contributed by atoms with Crippen molar-refractivity contribution in [2.75, 3.05) is 13.2 Å². The molecule has 0 unspecified atom stereocenters. The van der Waals surface area contributed by atoms with Gasteiger partial charge in [-0.2, -0.15) is 0 Å². The fraction of sp³-hybridized carbons (Fsp3) is 0.526. The summed E-state index contributed by atoms with van der Waals surface area (Å²) in [5.74, 6) is -1.40. The third-order valence-electron chi connectivity index (χ3n) is 4.51. The quantitative estimate of drug-likeness (QED) is 0.785. The van der Waals surface area contributed by atoms with Crippen LogP contribution in [0.25, 0.3) is 0 Å². The minimum atomic E-state index is -1.03. The Labute approximate surface area is 153 Å². The van der Waals surface area contributed by atoms with Crippen LogP contribution in [-0.2, 0) is 27.3 Å². The first-order chi connectivity index (χ1) is 12.3. The molecule has 142 valence electrons. The lowest BCUT2D eigenvalue weighted by atomic mass is 9.94. The Hall–Kier alpha value is -2.57. The van der Waals surface area contributed by atoms with Crippen molar-refractivity contribution in [2.24, 2.45) is 0 Å². The molecular weight excluding hydrogens is 336 g/mol. The highest BCUT2D eigenvalue weighted by atomic mass is 16.5. The SMILES string of the molecule is CCOC(=O)CCN(C(=O)N1Cc2ccccc2C[C@H]1C(=O)O)C(C)C. The Kier molecular flexibility index (Phi) is 6.60. The molecule has 7 nitrogen and oxygen atoms in total. The van der Waals surface area contributed by atoms with Gasteiger partial charge in [0.25, 0.3) is 0 Å². The Balaban J connectivity index is 2.19. The average molecular weight is 362 g/mol. The third-order valence-corrected chi connectivity index (χ3v) is 4.51. The zero-order valence-corrected chi connectivity index (χ0v) is 15.5. The van der Waals surface area contributed by atoms with Crippen LogP contribution in [0.5, 0.6) is 0 Å². The number of carboxylic acids is 1. The van der Waals surface area contributed by atoms with E-state index in [9.17, 15) is 19.5 Å². The number of fused-ring (bicyclic) bond motifs is 1. The maximum atomic E-state index is 13.1. The van der Waals surface area contributed by atoms with E-state index >= 15 is 0 Å². The molecule has 1 aliphatic rings. The number of carboxylic acid groups (broad SMARTS) is 1. The van der Waals surface area contributed by atoms with Crippen LogP contribution < -0.4 is 0 Å². The minimum Gasteiger partial charge on any atom is -0.480 e. The van der Waals surface area contributed by atoms with E-state index in [4.69, 9.17) is 4.74 Å². The average Bonchev–Trinajstić information content (AvgIpc) is 2.60. The molecule has 1 aliphatic heterocycles. The first kappa shape index (κ1) is 19.8. The van der Waals surface area contributed by atoms with Gasteiger partial charge in [0.1, 0.15) is 6.04 Å². The van der Waals surface area contributed by atoms with Gasteiger partial charge in [-0.15, -0.1) is 0 Å². The summed E-state index contributed by atoms with van der Waals surface area (Å²) in [6.45, 7) is 6.15. The lowest BCUT2D eigenvalue weighted by Gasteiger charge is -2.39. The number of hydrogen-bond acceptors (Lipinski definition) is 4. The van der Waals surface area contributed by atoms with Crippen LogP contribution in [-0.4, -0.2) is 58.1 Å². The summed E-state index contributed by atoms with van der Waals surface area (Å²) >= 11 is 0. The highest BCUT2D eigenvalue weighted by molar-refractivity contribution is 5.84.